The first kappa shape index (κ1) is 11.2. The lowest BCUT2D eigenvalue weighted by molar-refractivity contribution is 0.214. The van der Waals surface area contributed by atoms with Crippen molar-refractivity contribution in [3.8, 4) is 6.07 Å². The third-order valence-corrected chi connectivity index (χ3v) is 3.26. The molecule has 4 nitrogen and oxygen atoms in total. The van der Waals surface area contributed by atoms with Crippen LogP contribution in [0.4, 0.5) is 0 Å². The van der Waals surface area contributed by atoms with Crippen molar-refractivity contribution in [2.45, 2.75) is 38.3 Å². The molecule has 0 atom stereocenters. The smallest absolute Gasteiger partial charge is 0.0871 e. The number of rotatable bonds is 4. The monoisotopic (exact) mass is 218 g/mol. The molecule has 0 N–H and O–H groups in total. The van der Waals surface area contributed by atoms with Gasteiger partial charge in [-0.15, -0.1) is 0 Å². The maximum absolute atomic E-state index is 8.87. The first-order valence-corrected chi connectivity index (χ1v) is 5.88. The van der Waals surface area contributed by atoms with Gasteiger partial charge in [0.1, 0.15) is 0 Å². The van der Waals surface area contributed by atoms with Crippen LogP contribution in [0, 0.1) is 11.3 Å². The zero-order valence-electron chi connectivity index (χ0n) is 9.76. The molecule has 0 spiro atoms. The number of hydrogen-bond acceptors (Lipinski definition) is 3. The second-order valence-electron chi connectivity index (χ2n) is 4.52. The van der Waals surface area contributed by atoms with Gasteiger partial charge in [0.2, 0.25) is 0 Å². The Bertz CT molecular complexity index is 371. The van der Waals surface area contributed by atoms with E-state index in [-0.39, 0.29) is 0 Å². The molecule has 1 fully saturated rings. The molecule has 1 aliphatic rings. The summed E-state index contributed by atoms with van der Waals surface area (Å²) < 4.78 is 1.81. The lowest BCUT2D eigenvalue weighted by atomic mass is 10.2. The largest absolute Gasteiger partial charge is 0.283 e. The standard InChI is InChI=1S/C12H18N4/c1-15-9-11(8-14-15)10-16(7-6-13)12-4-2-3-5-12/h8-9,12H,2-5,7,10H2,1H3. The van der Waals surface area contributed by atoms with Crippen molar-refractivity contribution in [3.05, 3.63) is 18.0 Å². The predicted molar refractivity (Wildman–Crippen MR) is 61.5 cm³/mol. The van der Waals surface area contributed by atoms with Crippen LogP contribution in [-0.4, -0.2) is 27.3 Å². The summed E-state index contributed by atoms with van der Waals surface area (Å²) in [6.45, 7) is 1.38. The van der Waals surface area contributed by atoms with E-state index in [9.17, 15) is 0 Å². The summed E-state index contributed by atoms with van der Waals surface area (Å²) in [7, 11) is 1.92. The van der Waals surface area contributed by atoms with E-state index in [1.54, 1.807) is 0 Å². The molecule has 0 unspecified atom stereocenters. The molecule has 4 heteroatoms. The second kappa shape index (κ2) is 5.13. The van der Waals surface area contributed by atoms with Crippen molar-refractivity contribution in [1.82, 2.24) is 14.7 Å². The summed E-state index contributed by atoms with van der Waals surface area (Å²) in [5.74, 6) is 0. The average molecular weight is 218 g/mol. The summed E-state index contributed by atoms with van der Waals surface area (Å²) in [6, 6.07) is 2.87. The van der Waals surface area contributed by atoms with Gasteiger partial charge in [0, 0.05) is 31.4 Å². The van der Waals surface area contributed by atoms with Crippen LogP contribution in [0.25, 0.3) is 0 Å². The van der Waals surface area contributed by atoms with Crippen LogP contribution in [0.15, 0.2) is 12.4 Å². The van der Waals surface area contributed by atoms with Crippen LogP contribution in [0.3, 0.4) is 0 Å². The Morgan fingerprint density at radius 3 is 2.88 bits per heavy atom. The minimum atomic E-state index is 0.527. The number of aryl methyl sites for hydroxylation is 1. The minimum Gasteiger partial charge on any atom is -0.283 e. The molecule has 0 radical (unpaired) electrons. The van der Waals surface area contributed by atoms with Gasteiger partial charge in [-0.2, -0.15) is 10.4 Å². The summed E-state index contributed by atoms with van der Waals surface area (Å²) in [6.07, 6.45) is 9.00. The van der Waals surface area contributed by atoms with E-state index >= 15 is 0 Å². The molecule has 1 aliphatic carbocycles. The van der Waals surface area contributed by atoms with Crippen molar-refractivity contribution in [2.75, 3.05) is 6.54 Å². The van der Waals surface area contributed by atoms with Gasteiger partial charge in [-0.25, -0.2) is 0 Å². The zero-order valence-corrected chi connectivity index (χ0v) is 9.76. The van der Waals surface area contributed by atoms with Gasteiger partial charge in [-0.3, -0.25) is 9.58 Å². The van der Waals surface area contributed by atoms with E-state index in [0.29, 0.717) is 12.6 Å². The third kappa shape index (κ3) is 2.61. The van der Waals surface area contributed by atoms with Crippen LogP contribution in [0.1, 0.15) is 31.2 Å². The van der Waals surface area contributed by atoms with Crippen LogP contribution in [0.5, 0.6) is 0 Å². The van der Waals surface area contributed by atoms with Gasteiger partial charge in [0.25, 0.3) is 0 Å². The summed E-state index contributed by atoms with van der Waals surface area (Å²) in [5, 5.41) is 13.0. The van der Waals surface area contributed by atoms with E-state index in [1.807, 2.05) is 24.1 Å². The zero-order chi connectivity index (χ0) is 11.4. The molecule has 0 saturated heterocycles. The molecule has 2 rings (SSSR count). The molecular weight excluding hydrogens is 200 g/mol. The number of nitrogens with zero attached hydrogens (tertiary/aromatic N) is 4. The first-order chi connectivity index (χ1) is 7.79. The highest BCUT2D eigenvalue weighted by molar-refractivity contribution is 5.04. The fourth-order valence-corrected chi connectivity index (χ4v) is 2.46. The third-order valence-electron chi connectivity index (χ3n) is 3.26. The first-order valence-electron chi connectivity index (χ1n) is 5.88. The summed E-state index contributed by atoms with van der Waals surface area (Å²) in [4.78, 5) is 2.28. The normalized spacial score (nSPS) is 16.8. The molecule has 1 saturated carbocycles. The van der Waals surface area contributed by atoms with Crippen LogP contribution < -0.4 is 0 Å². The van der Waals surface area contributed by atoms with E-state index < -0.39 is 0 Å². The Morgan fingerprint density at radius 1 is 1.56 bits per heavy atom. The number of nitriles is 1. The van der Waals surface area contributed by atoms with Crippen molar-refractivity contribution >= 4 is 0 Å². The quantitative estimate of drug-likeness (QED) is 0.722. The molecule has 0 amide bonds. The highest BCUT2D eigenvalue weighted by atomic mass is 15.2. The number of aromatic nitrogens is 2. The Balaban J connectivity index is 1.99. The summed E-state index contributed by atoms with van der Waals surface area (Å²) in [5.41, 5.74) is 1.20. The Hall–Kier alpha value is -1.34. The van der Waals surface area contributed by atoms with Gasteiger partial charge in [0.05, 0.1) is 18.8 Å². The fourth-order valence-electron chi connectivity index (χ4n) is 2.46. The Labute approximate surface area is 96.5 Å². The van der Waals surface area contributed by atoms with Gasteiger partial charge < -0.3 is 0 Å². The van der Waals surface area contributed by atoms with Gasteiger partial charge in [0.15, 0.2) is 0 Å². The lowest BCUT2D eigenvalue weighted by Gasteiger charge is -2.25. The van der Waals surface area contributed by atoms with E-state index in [4.69, 9.17) is 5.26 Å². The molecule has 16 heavy (non-hydrogen) atoms. The van der Waals surface area contributed by atoms with Gasteiger partial charge in [-0.1, -0.05) is 12.8 Å². The maximum atomic E-state index is 8.87. The van der Waals surface area contributed by atoms with E-state index in [2.05, 4.69) is 16.1 Å². The van der Waals surface area contributed by atoms with Crippen molar-refractivity contribution in [1.29, 1.82) is 5.26 Å². The number of hydrogen-bond donors (Lipinski definition) is 0. The Morgan fingerprint density at radius 2 is 2.31 bits per heavy atom. The highest BCUT2D eigenvalue weighted by Gasteiger charge is 2.22. The van der Waals surface area contributed by atoms with Crippen LogP contribution in [-0.2, 0) is 13.6 Å². The van der Waals surface area contributed by atoms with Crippen molar-refractivity contribution < 1.29 is 0 Å². The SMILES string of the molecule is Cn1cc(CN(CC#N)C2CCCC2)cn1. The molecule has 0 aromatic carbocycles. The molecular formula is C12H18N4. The average Bonchev–Trinajstić information content (AvgIpc) is 2.88. The molecule has 0 bridgehead atoms. The molecule has 0 aliphatic heterocycles. The van der Waals surface area contributed by atoms with Crippen LogP contribution >= 0.6 is 0 Å². The minimum absolute atomic E-state index is 0.527. The second-order valence-corrected chi connectivity index (χ2v) is 4.52. The molecule has 1 heterocycles. The highest BCUT2D eigenvalue weighted by Crippen LogP contribution is 2.24. The van der Waals surface area contributed by atoms with Crippen LogP contribution in [0.2, 0.25) is 0 Å². The van der Waals surface area contributed by atoms with Crippen molar-refractivity contribution in [2.24, 2.45) is 7.05 Å². The maximum Gasteiger partial charge on any atom is 0.0871 e. The van der Waals surface area contributed by atoms with E-state index in [0.717, 1.165) is 6.54 Å². The summed E-state index contributed by atoms with van der Waals surface area (Å²) >= 11 is 0. The van der Waals surface area contributed by atoms with E-state index in [1.165, 1.54) is 31.2 Å². The van der Waals surface area contributed by atoms with Gasteiger partial charge >= 0.3 is 0 Å². The Kier molecular flexibility index (Phi) is 3.58. The lowest BCUT2D eigenvalue weighted by Crippen LogP contribution is -2.32. The van der Waals surface area contributed by atoms with Crippen molar-refractivity contribution in [3.63, 3.8) is 0 Å². The fraction of sp³-hybridized carbons (Fsp3) is 0.667. The van der Waals surface area contributed by atoms with Gasteiger partial charge in [-0.05, 0) is 12.8 Å². The predicted octanol–water partition coefficient (Wildman–Crippen LogP) is 1.69. The topological polar surface area (TPSA) is 44.9 Å². The molecule has 86 valence electrons. The molecule has 1 aromatic rings. The molecule has 1 aromatic heterocycles.